The lowest BCUT2D eigenvalue weighted by Crippen LogP contribution is -2.35. The largest absolute Gasteiger partial charge is 0.317 e. The summed E-state index contributed by atoms with van der Waals surface area (Å²) in [6.07, 6.45) is 6.13. The molecule has 18 heavy (non-hydrogen) atoms. The summed E-state index contributed by atoms with van der Waals surface area (Å²) >= 11 is 0. The summed E-state index contributed by atoms with van der Waals surface area (Å²) in [5.41, 5.74) is 0. The second kappa shape index (κ2) is 10.8. The SMILES string of the molecule is CCCCCC(C)NS(=O)(=O)CCCNCCC. The van der Waals surface area contributed by atoms with Gasteiger partial charge in [0.25, 0.3) is 0 Å². The average molecular weight is 278 g/mol. The highest BCUT2D eigenvalue weighted by atomic mass is 32.2. The van der Waals surface area contributed by atoms with Crippen LogP contribution in [-0.4, -0.2) is 33.3 Å². The Bertz CT molecular complexity index is 279. The first-order valence-electron chi connectivity index (χ1n) is 7.22. The maximum atomic E-state index is 11.8. The zero-order chi connectivity index (χ0) is 13.9. The van der Waals surface area contributed by atoms with Crippen LogP contribution in [0, 0.1) is 0 Å². The Hall–Kier alpha value is -0.130. The molecule has 0 aliphatic carbocycles. The monoisotopic (exact) mass is 278 g/mol. The first-order chi connectivity index (χ1) is 8.52. The van der Waals surface area contributed by atoms with Crippen molar-refractivity contribution in [3.8, 4) is 0 Å². The first-order valence-corrected chi connectivity index (χ1v) is 8.87. The fourth-order valence-electron chi connectivity index (χ4n) is 1.81. The van der Waals surface area contributed by atoms with E-state index in [1.807, 2.05) is 6.92 Å². The van der Waals surface area contributed by atoms with Crippen molar-refractivity contribution in [2.24, 2.45) is 0 Å². The van der Waals surface area contributed by atoms with Gasteiger partial charge in [0.15, 0.2) is 0 Å². The number of nitrogens with one attached hydrogen (secondary N) is 2. The minimum atomic E-state index is -3.10. The summed E-state index contributed by atoms with van der Waals surface area (Å²) in [5, 5.41) is 3.21. The molecule has 1 atom stereocenters. The molecule has 0 fully saturated rings. The van der Waals surface area contributed by atoms with E-state index in [2.05, 4.69) is 23.9 Å². The molecule has 0 saturated carbocycles. The first kappa shape index (κ1) is 17.9. The van der Waals surface area contributed by atoms with Gasteiger partial charge in [0.1, 0.15) is 0 Å². The van der Waals surface area contributed by atoms with Gasteiger partial charge in [-0.1, -0.05) is 33.1 Å². The van der Waals surface area contributed by atoms with E-state index in [1.165, 1.54) is 12.8 Å². The number of hydrogen-bond donors (Lipinski definition) is 2. The number of rotatable bonds is 12. The normalized spacial score (nSPS) is 13.7. The molecule has 2 N–H and O–H groups in total. The van der Waals surface area contributed by atoms with Crippen molar-refractivity contribution in [3.63, 3.8) is 0 Å². The molecule has 110 valence electrons. The number of unbranched alkanes of at least 4 members (excludes halogenated alkanes) is 2. The van der Waals surface area contributed by atoms with E-state index < -0.39 is 10.0 Å². The summed E-state index contributed by atoms with van der Waals surface area (Å²) in [4.78, 5) is 0. The van der Waals surface area contributed by atoms with Crippen LogP contribution in [0.4, 0.5) is 0 Å². The fourth-order valence-corrected chi connectivity index (χ4v) is 3.19. The van der Waals surface area contributed by atoms with Gasteiger partial charge in [-0.05, 0) is 39.3 Å². The van der Waals surface area contributed by atoms with Gasteiger partial charge in [-0.25, -0.2) is 13.1 Å². The third-order valence-electron chi connectivity index (χ3n) is 2.81. The fraction of sp³-hybridized carbons (Fsp3) is 1.00. The van der Waals surface area contributed by atoms with Gasteiger partial charge in [0.2, 0.25) is 10.0 Å². The van der Waals surface area contributed by atoms with E-state index in [0.717, 1.165) is 32.4 Å². The Morgan fingerprint density at radius 1 is 1.00 bits per heavy atom. The van der Waals surface area contributed by atoms with Crippen molar-refractivity contribution in [1.29, 1.82) is 0 Å². The molecule has 0 aromatic carbocycles. The quantitative estimate of drug-likeness (QED) is 0.538. The second-order valence-electron chi connectivity index (χ2n) is 4.94. The molecule has 1 unspecified atom stereocenters. The van der Waals surface area contributed by atoms with Crippen LogP contribution in [0.3, 0.4) is 0 Å². The zero-order valence-corrected chi connectivity index (χ0v) is 13.0. The molecule has 0 saturated heterocycles. The van der Waals surface area contributed by atoms with Crippen LogP contribution < -0.4 is 10.0 Å². The van der Waals surface area contributed by atoms with Crippen molar-refractivity contribution >= 4 is 10.0 Å². The predicted molar refractivity (Wildman–Crippen MR) is 78.3 cm³/mol. The van der Waals surface area contributed by atoms with E-state index in [-0.39, 0.29) is 11.8 Å². The molecule has 0 aliphatic rings. The third kappa shape index (κ3) is 11.0. The minimum Gasteiger partial charge on any atom is -0.317 e. The molecule has 5 heteroatoms. The third-order valence-corrected chi connectivity index (χ3v) is 4.40. The molecule has 4 nitrogen and oxygen atoms in total. The Balaban J connectivity index is 3.71. The second-order valence-corrected chi connectivity index (χ2v) is 6.81. The van der Waals surface area contributed by atoms with Gasteiger partial charge in [0, 0.05) is 6.04 Å². The lowest BCUT2D eigenvalue weighted by molar-refractivity contribution is 0.524. The maximum absolute atomic E-state index is 11.8. The van der Waals surface area contributed by atoms with E-state index in [4.69, 9.17) is 0 Å². The minimum absolute atomic E-state index is 0.0603. The molecule has 0 aromatic rings. The molecule has 0 aliphatic heterocycles. The smallest absolute Gasteiger partial charge is 0.211 e. The molecule has 0 spiro atoms. The summed E-state index contributed by atoms with van der Waals surface area (Å²) in [6, 6.07) is 0.0603. The van der Waals surface area contributed by atoms with Crippen LogP contribution in [0.5, 0.6) is 0 Å². The van der Waals surface area contributed by atoms with Gasteiger partial charge < -0.3 is 5.32 Å². The maximum Gasteiger partial charge on any atom is 0.211 e. The van der Waals surface area contributed by atoms with Crippen molar-refractivity contribution in [1.82, 2.24) is 10.0 Å². The van der Waals surface area contributed by atoms with Crippen molar-refractivity contribution < 1.29 is 8.42 Å². The summed E-state index contributed by atoms with van der Waals surface area (Å²) in [7, 11) is -3.10. The Morgan fingerprint density at radius 3 is 2.33 bits per heavy atom. The molecular weight excluding hydrogens is 248 g/mol. The van der Waals surface area contributed by atoms with E-state index >= 15 is 0 Å². The highest BCUT2D eigenvalue weighted by Gasteiger charge is 2.13. The van der Waals surface area contributed by atoms with Crippen LogP contribution in [0.25, 0.3) is 0 Å². The average Bonchev–Trinajstić information content (AvgIpc) is 2.28. The Kier molecular flexibility index (Phi) is 10.7. The Morgan fingerprint density at radius 2 is 1.72 bits per heavy atom. The highest BCUT2D eigenvalue weighted by Crippen LogP contribution is 2.04. The molecule has 0 aromatic heterocycles. The standard InChI is InChI=1S/C13H30N2O2S/c1-4-6-7-9-13(3)15-18(16,17)12-8-11-14-10-5-2/h13-15H,4-12H2,1-3H3. The van der Waals surface area contributed by atoms with E-state index in [9.17, 15) is 8.42 Å². The van der Waals surface area contributed by atoms with Gasteiger partial charge in [0.05, 0.1) is 5.75 Å². The lowest BCUT2D eigenvalue weighted by Gasteiger charge is -2.14. The van der Waals surface area contributed by atoms with Gasteiger partial charge in [-0.3, -0.25) is 0 Å². The van der Waals surface area contributed by atoms with Crippen LogP contribution in [-0.2, 0) is 10.0 Å². The molecule has 0 rings (SSSR count). The number of sulfonamides is 1. The van der Waals surface area contributed by atoms with Gasteiger partial charge in [-0.2, -0.15) is 0 Å². The van der Waals surface area contributed by atoms with Crippen molar-refractivity contribution in [2.45, 2.75) is 65.3 Å². The summed E-state index contributed by atoms with van der Waals surface area (Å²) in [6.45, 7) is 7.93. The number of hydrogen-bond acceptors (Lipinski definition) is 3. The zero-order valence-electron chi connectivity index (χ0n) is 12.2. The lowest BCUT2D eigenvalue weighted by atomic mass is 10.1. The molecule has 0 radical (unpaired) electrons. The van der Waals surface area contributed by atoms with Crippen LogP contribution in [0.1, 0.15) is 59.3 Å². The van der Waals surface area contributed by atoms with Crippen molar-refractivity contribution in [3.05, 3.63) is 0 Å². The predicted octanol–water partition coefficient (Wildman–Crippen LogP) is 2.26. The summed E-state index contributed by atoms with van der Waals surface area (Å²) < 4.78 is 26.3. The van der Waals surface area contributed by atoms with Gasteiger partial charge >= 0.3 is 0 Å². The summed E-state index contributed by atoms with van der Waals surface area (Å²) in [5.74, 6) is 0.224. The Labute approximate surface area is 113 Å². The molecular formula is C13H30N2O2S. The highest BCUT2D eigenvalue weighted by molar-refractivity contribution is 7.89. The van der Waals surface area contributed by atoms with E-state index in [0.29, 0.717) is 6.42 Å². The van der Waals surface area contributed by atoms with Gasteiger partial charge in [-0.15, -0.1) is 0 Å². The van der Waals surface area contributed by atoms with Crippen LogP contribution in [0.2, 0.25) is 0 Å². The molecule has 0 heterocycles. The van der Waals surface area contributed by atoms with E-state index in [1.54, 1.807) is 0 Å². The molecule has 0 amide bonds. The van der Waals surface area contributed by atoms with Crippen LogP contribution >= 0.6 is 0 Å². The molecule has 0 bridgehead atoms. The van der Waals surface area contributed by atoms with Crippen molar-refractivity contribution in [2.75, 3.05) is 18.8 Å². The topological polar surface area (TPSA) is 58.2 Å². The van der Waals surface area contributed by atoms with Crippen LogP contribution in [0.15, 0.2) is 0 Å².